The molecule has 0 saturated heterocycles. The molecule has 31 heavy (non-hydrogen) atoms. The summed E-state index contributed by atoms with van der Waals surface area (Å²) in [5, 5.41) is 24.0. The van der Waals surface area contributed by atoms with Crippen LogP contribution >= 0.6 is 0 Å². The zero-order valence-corrected chi connectivity index (χ0v) is 18.5. The van der Waals surface area contributed by atoms with Crippen molar-refractivity contribution in [3.63, 3.8) is 0 Å². The molecule has 1 amide bonds. The van der Waals surface area contributed by atoms with Crippen LogP contribution in [0.1, 0.15) is 52.2 Å². The number of phenols is 1. The minimum atomic E-state index is -0.687. The third-order valence-electron chi connectivity index (χ3n) is 4.58. The number of amides is 1. The maximum atomic E-state index is 11.9. The molecule has 2 aromatic carbocycles. The molecule has 0 aliphatic heterocycles. The van der Waals surface area contributed by atoms with Crippen LogP contribution in [0.3, 0.4) is 0 Å². The van der Waals surface area contributed by atoms with Crippen LogP contribution in [0.25, 0.3) is 0 Å². The molecule has 0 aliphatic carbocycles. The summed E-state index contributed by atoms with van der Waals surface area (Å²) in [4.78, 5) is 21.9. The van der Waals surface area contributed by atoms with Crippen LogP contribution in [0.2, 0.25) is 0 Å². The Balaban J connectivity index is 1.87. The summed E-state index contributed by atoms with van der Waals surface area (Å²) < 4.78 is 5.50. The molecule has 2 rings (SSSR count). The number of aromatic hydroxyl groups is 1. The second kappa shape index (κ2) is 9.59. The lowest BCUT2D eigenvalue weighted by molar-refractivity contribution is -0.385. The summed E-state index contributed by atoms with van der Waals surface area (Å²) in [6, 6.07) is 11.5. The number of hydrogen-bond acceptors (Lipinski definition) is 6. The van der Waals surface area contributed by atoms with Crippen LogP contribution in [0.5, 0.6) is 11.5 Å². The molecule has 0 fully saturated rings. The summed E-state index contributed by atoms with van der Waals surface area (Å²) in [7, 11) is 0. The number of rotatable bonds is 8. The molecule has 0 atom stereocenters. The zero-order chi connectivity index (χ0) is 23.2. The maximum Gasteiger partial charge on any atom is 0.310 e. The van der Waals surface area contributed by atoms with Crippen molar-refractivity contribution in [2.45, 2.75) is 46.5 Å². The zero-order valence-electron chi connectivity index (χ0n) is 18.5. The third-order valence-corrected chi connectivity index (χ3v) is 4.58. The van der Waals surface area contributed by atoms with Crippen molar-refractivity contribution in [3.05, 3.63) is 63.7 Å². The predicted molar refractivity (Wildman–Crippen MR) is 120 cm³/mol. The molecule has 8 nitrogen and oxygen atoms in total. The van der Waals surface area contributed by atoms with Crippen molar-refractivity contribution < 1.29 is 19.6 Å². The van der Waals surface area contributed by atoms with Crippen molar-refractivity contribution in [2.24, 2.45) is 10.5 Å². The Morgan fingerprint density at radius 1 is 1.16 bits per heavy atom. The van der Waals surface area contributed by atoms with E-state index in [1.54, 1.807) is 0 Å². The number of nitro groups is 1. The van der Waals surface area contributed by atoms with Crippen LogP contribution < -0.4 is 10.2 Å². The average Bonchev–Trinajstić information content (AvgIpc) is 2.64. The predicted octanol–water partition coefficient (Wildman–Crippen LogP) is 4.54. The van der Waals surface area contributed by atoms with Gasteiger partial charge in [0.05, 0.1) is 11.1 Å². The van der Waals surface area contributed by atoms with Gasteiger partial charge in [-0.15, -0.1) is 0 Å². The number of hydrogen-bond donors (Lipinski definition) is 2. The minimum absolute atomic E-state index is 0.0230. The molecule has 2 N–H and O–H groups in total. The Labute approximate surface area is 182 Å². The Kier molecular flexibility index (Phi) is 7.38. The van der Waals surface area contributed by atoms with Crippen molar-refractivity contribution >= 4 is 17.8 Å². The fraction of sp³-hybridized carbons (Fsp3) is 0.391. The number of benzene rings is 2. The monoisotopic (exact) mass is 427 g/mol. The first-order chi connectivity index (χ1) is 14.4. The molecule has 0 saturated carbocycles. The lowest BCUT2D eigenvalue weighted by Gasteiger charge is -2.33. The molecule has 0 aliphatic rings. The summed E-state index contributed by atoms with van der Waals surface area (Å²) in [5.41, 5.74) is 3.75. The summed E-state index contributed by atoms with van der Waals surface area (Å²) in [6.45, 7) is 10.9. The largest absolute Gasteiger partial charge is 0.502 e. The first-order valence-corrected chi connectivity index (χ1v) is 9.90. The molecule has 0 radical (unpaired) electrons. The number of phenolic OH excluding ortho intramolecular Hbond substituents is 1. The molecule has 2 aromatic rings. The number of nitro benzene ring substituents is 1. The summed E-state index contributed by atoms with van der Waals surface area (Å²) in [6.07, 6.45) is 2.31. The van der Waals surface area contributed by atoms with E-state index in [2.05, 4.69) is 45.1 Å². The topological polar surface area (TPSA) is 114 Å². The smallest absolute Gasteiger partial charge is 0.310 e. The van der Waals surface area contributed by atoms with Crippen LogP contribution in [0, 0.1) is 15.5 Å². The van der Waals surface area contributed by atoms with Crippen molar-refractivity contribution in [1.82, 2.24) is 5.43 Å². The van der Waals surface area contributed by atoms with Crippen molar-refractivity contribution in [1.29, 1.82) is 0 Å². The Morgan fingerprint density at radius 3 is 2.35 bits per heavy atom. The van der Waals surface area contributed by atoms with Crippen LogP contribution in [-0.4, -0.2) is 28.8 Å². The molecule has 166 valence electrons. The second-order valence-electron chi connectivity index (χ2n) is 9.23. The lowest BCUT2D eigenvalue weighted by Crippen LogP contribution is -2.25. The lowest BCUT2D eigenvalue weighted by atomic mass is 9.72. The Morgan fingerprint density at radius 2 is 1.81 bits per heavy atom. The number of carbonyl (C=O) groups excluding carboxylic acids is 1. The van der Waals surface area contributed by atoms with Crippen LogP contribution in [-0.2, 0) is 10.2 Å². The molecular formula is C23H29N3O5. The summed E-state index contributed by atoms with van der Waals surface area (Å²) >= 11 is 0. The van der Waals surface area contributed by atoms with Crippen LogP contribution in [0.15, 0.2) is 47.6 Å². The SMILES string of the molecule is CC(C)(C)CC(C)(C)c1ccc(OCC(=O)N/N=C\c2ccc([N+](=O)[O-])c(O)c2)cc1. The van der Waals surface area contributed by atoms with E-state index in [0.29, 0.717) is 11.3 Å². The first kappa shape index (κ1) is 23.9. The van der Waals surface area contributed by atoms with Gasteiger partial charge in [0.2, 0.25) is 0 Å². The molecule has 0 aromatic heterocycles. The van der Waals surface area contributed by atoms with Gasteiger partial charge in [0.15, 0.2) is 12.4 Å². The normalized spacial score (nSPS) is 12.0. The fourth-order valence-corrected chi connectivity index (χ4v) is 3.57. The highest BCUT2D eigenvalue weighted by Crippen LogP contribution is 2.36. The van der Waals surface area contributed by atoms with Crippen molar-refractivity contribution in [3.8, 4) is 11.5 Å². The van der Waals surface area contributed by atoms with E-state index in [1.807, 2.05) is 24.3 Å². The standard InChI is InChI=1S/C23H29N3O5/c1-22(2,3)15-23(4,5)17-7-9-18(10-8-17)31-14-21(28)25-24-13-16-6-11-19(26(29)30)20(27)12-16/h6-13,27H,14-15H2,1-5H3,(H,25,28)/b24-13-. The van der Waals surface area contributed by atoms with Gasteiger partial charge in [-0.1, -0.05) is 46.8 Å². The molecule has 0 bridgehead atoms. The van der Waals surface area contributed by atoms with Gasteiger partial charge in [-0.2, -0.15) is 5.10 Å². The van der Waals surface area contributed by atoms with E-state index in [-0.39, 0.29) is 17.4 Å². The molecule has 0 heterocycles. The van der Waals surface area contributed by atoms with Gasteiger partial charge in [-0.3, -0.25) is 14.9 Å². The molecular weight excluding hydrogens is 398 g/mol. The van der Waals surface area contributed by atoms with E-state index in [0.717, 1.165) is 12.5 Å². The molecule has 0 unspecified atom stereocenters. The average molecular weight is 428 g/mol. The van der Waals surface area contributed by atoms with Gasteiger partial charge in [0.25, 0.3) is 5.91 Å². The summed E-state index contributed by atoms with van der Waals surface area (Å²) in [5.74, 6) is -0.355. The highest BCUT2D eigenvalue weighted by molar-refractivity contribution is 5.83. The fourth-order valence-electron chi connectivity index (χ4n) is 3.57. The van der Waals surface area contributed by atoms with E-state index in [1.165, 1.54) is 23.9 Å². The highest BCUT2D eigenvalue weighted by Gasteiger charge is 2.27. The number of hydrazone groups is 1. The van der Waals surface area contributed by atoms with E-state index in [9.17, 15) is 20.0 Å². The Bertz CT molecular complexity index is 960. The Hall–Kier alpha value is -3.42. The van der Waals surface area contributed by atoms with Gasteiger partial charge in [-0.05, 0) is 52.6 Å². The highest BCUT2D eigenvalue weighted by atomic mass is 16.6. The van der Waals surface area contributed by atoms with Gasteiger partial charge >= 0.3 is 5.69 Å². The first-order valence-electron chi connectivity index (χ1n) is 9.90. The number of nitrogens with zero attached hydrogens (tertiary/aromatic N) is 2. The number of carbonyl (C=O) groups is 1. The molecule has 8 heteroatoms. The number of nitrogens with one attached hydrogen (secondary N) is 1. The minimum Gasteiger partial charge on any atom is -0.502 e. The van der Waals surface area contributed by atoms with Crippen LogP contribution in [0.4, 0.5) is 5.69 Å². The number of ether oxygens (including phenoxy) is 1. The van der Waals surface area contributed by atoms with Gasteiger partial charge < -0.3 is 9.84 Å². The maximum absolute atomic E-state index is 11.9. The van der Waals surface area contributed by atoms with Gasteiger partial charge in [0, 0.05) is 6.07 Å². The molecule has 0 spiro atoms. The van der Waals surface area contributed by atoms with Gasteiger partial charge in [-0.25, -0.2) is 5.43 Å². The van der Waals surface area contributed by atoms with E-state index >= 15 is 0 Å². The van der Waals surface area contributed by atoms with E-state index < -0.39 is 22.3 Å². The van der Waals surface area contributed by atoms with Crippen molar-refractivity contribution in [2.75, 3.05) is 6.61 Å². The second-order valence-corrected chi connectivity index (χ2v) is 9.23. The quantitative estimate of drug-likeness (QED) is 0.365. The van der Waals surface area contributed by atoms with E-state index in [4.69, 9.17) is 4.74 Å². The van der Waals surface area contributed by atoms with Gasteiger partial charge in [0.1, 0.15) is 5.75 Å². The third kappa shape index (κ3) is 7.40.